The Balaban J connectivity index is 1.57. The Bertz CT molecular complexity index is 648. The van der Waals surface area contributed by atoms with Crippen LogP contribution in [-0.4, -0.2) is 17.9 Å². The van der Waals surface area contributed by atoms with Gasteiger partial charge in [0.25, 0.3) is 0 Å². The molecular weight excluding hydrogens is 324 g/mol. The molecule has 144 valence electrons. The zero-order chi connectivity index (χ0) is 18.7. The largest absolute Gasteiger partial charge is 0.462 e. The Hall–Kier alpha value is -1.12. The number of carbonyl (C=O) groups excluding carboxylic acids is 2. The molecule has 0 bridgehead atoms. The molecule has 6 atom stereocenters. The van der Waals surface area contributed by atoms with E-state index in [1.165, 1.54) is 24.8 Å². The molecule has 3 saturated carbocycles. The Morgan fingerprint density at radius 1 is 1.08 bits per heavy atom. The van der Waals surface area contributed by atoms with Gasteiger partial charge in [0.05, 0.1) is 5.92 Å². The van der Waals surface area contributed by atoms with E-state index in [2.05, 4.69) is 13.8 Å². The molecule has 3 nitrogen and oxygen atoms in total. The fraction of sp³-hybridized carbons (Fsp3) is 0.826. The molecule has 0 unspecified atom stereocenters. The lowest BCUT2D eigenvalue weighted by atomic mass is 9.47. The van der Waals surface area contributed by atoms with Crippen LogP contribution < -0.4 is 0 Å². The van der Waals surface area contributed by atoms with Crippen LogP contribution in [0.2, 0.25) is 0 Å². The number of esters is 1. The highest BCUT2D eigenvalue weighted by Crippen LogP contribution is 2.65. The number of hydrogen-bond donors (Lipinski definition) is 0. The van der Waals surface area contributed by atoms with Crippen molar-refractivity contribution in [3.8, 4) is 0 Å². The van der Waals surface area contributed by atoms with Crippen molar-refractivity contribution in [2.24, 2.45) is 34.5 Å². The topological polar surface area (TPSA) is 43.4 Å². The normalized spacial score (nSPS) is 44.8. The Kier molecular flexibility index (Phi) is 4.36. The summed E-state index contributed by atoms with van der Waals surface area (Å²) in [6.45, 7) is 8.66. The third-order valence-corrected chi connectivity index (χ3v) is 8.60. The second-order valence-corrected chi connectivity index (χ2v) is 10.2. The average molecular weight is 359 g/mol. The van der Waals surface area contributed by atoms with Gasteiger partial charge in [0, 0.05) is 11.8 Å². The second-order valence-electron chi connectivity index (χ2n) is 10.2. The molecule has 0 aliphatic heterocycles. The van der Waals surface area contributed by atoms with E-state index in [0.29, 0.717) is 17.6 Å². The quantitative estimate of drug-likeness (QED) is 0.646. The molecule has 0 aromatic heterocycles. The van der Waals surface area contributed by atoms with Gasteiger partial charge in [-0.2, -0.15) is 0 Å². The van der Waals surface area contributed by atoms with Crippen molar-refractivity contribution in [2.45, 2.75) is 85.2 Å². The van der Waals surface area contributed by atoms with Crippen LogP contribution in [0.4, 0.5) is 0 Å². The average Bonchev–Trinajstić information content (AvgIpc) is 2.92. The number of fused-ring (bicyclic) bond motifs is 5. The summed E-state index contributed by atoms with van der Waals surface area (Å²) < 4.78 is 5.98. The van der Waals surface area contributed by atoms with E-state index in [0.717, 1.165) is 38.0 Å². The van der Waals surface area contributed by atoms with Gasteiger partial charge in [-0.25, -0.2) is 0 Å². The molecule has 26 heavy (non-hydrogen) atoms. The predicted molar refractivity (Wildman–Crippen MR) is 101 cm³/mol. The maximum absolute atomic E-state index is 12.2. The van der Waals surface area contributed by atoms with E-state index < -0.39 is 0 Å². The van der Waals surface area contributed by atoms with Crippen LogP contribution in [0.1, 0.15) is 79.1 Å². The molecule has 0 amide bonds. The zero-order valence-corrected chi connectivity index (χ0v) is 16.8. The first-order valence-corrected chi connectivity index (χ1v) is 10.7. The molecule has 0 heterocycles. The van der Waals surface area contributed by atoms with Gasteiger partial charge in [-0.15, -0.1) is 0 Å². The number of rotatable bonds is 2. The maximum Gasteiger partial charge on any atom is 0.308 e. The summed E-state index contributed by atoms with van der Waals surface area (Å²) >= 11 is 0. The van der Waals surface area contributed by atoms with Crippen molar-refractivity contribution in [1.29, 1.82) is 0 Å². The summed E-state index contributed by atoms with van der Waals surface area (Å²) in [4.78, 5) is 24.1. The predicted octanol–water partition coefficient (Wildman–Crippen LogP) is 5.09. The summed E-state index contributed by atoms with van der Waals surface area (Å²) in [6.07, 6.45) is 10.7. The minimum atomic E-state index is -0.0462. The molecule has 0 N–H and O–H groups in total. The summed E-state index contributed by atoms with van der Waals surface area (Å²) in [7, 11) is 0. The molecule has 4 rings (SSSR count). The Labute approximate surface area is 157 Å². The van der Waals surface area contributed by atoms with Crippen LogP contribution in [-0.2, 0) is 14.3 Å². The molecule has 3 fully saturated rings. The minimum absolute atomic E-state index is 0.0365. The summed E-state index contributed by atoms with van der Waals surface area (Å²) in [5.41, 5.74) is 1.80. The molecule has 4 aliphatic carbocycles. The van der Waals surface area contributed by atoms with Gasteiger partial charge in [-0.05, 0) is 74.2 Å². The van der Waals surface area contributed by atoms with Crippen molar-refractivity contribution in [3.63, 3.8) is 0 Å². The third kappa shape index (κ3) is 2.60. The summed E-state index contributed by atoms with van der Waals surface area (Å²) in [5, 5.41) is 0. The highest BCUT2D eigenvalue weighted by Gasteiger charge is 2.59. The highest BCUT2D eigenvalue weighted by atomic mass is 16.5. The molecular formula is C23H34O3. The van der Waals surface area contributed by atoms with Gasteiger partial charge in [0.1, 0.15) is 6.10 Å². The van der Waals surface area contributed by atoms with E-state index in [9.17, 15) is 9.59 Å². The van der Waals surface area contributed by atoms with Gasteiger partial charge in [0.2, 0.25) is 0 Å². The molecule has 0 aromatic rings. The van der Waals surface area contributed by atoms with Crippen molar-refractivity contribution < 1.29 is 14.3 Å². The number of hydrogen-bond acceptors (Lipinski definition) is 3. The van der Waals surface area contributed by atoms with Crippen LogP contribution in [0.5, 0.6) is 0 Å². The molecule has 0 spiro atoms. The van der Waals surface area contributed by atoms with Gasteiger partial charge in [0.15, 0.2) is 5.78 Å². The lowest BCUT2D eigenvalue weighted by Crippen LogP contribution is -2.51. The lowest BCUT2D eigenvalue weighted by Gasteiger charge is -2.57. The Morgan fingerprint density at radius 2 is 1.85 bits per heavy atom. The third-order valence-electron chi connectivity index (χ3n) is 8.60. The van der Waals surface area contributed by atoms with Crippen LogP contribution in [0.3, 0.4) is 0 Å². The standard InChI is InChI=1S/C23H34O3/c1-14(2)21(25)26-20-8-7-18-17-6-5-15-13-16(24)9-11-22(15,3)19(17)10-12-23(18,20)4/h13-14,17-20H,5-12H2,1-4H3/t17-,18-,19-,20-,22-,23-/m0/s1. The van der Waals surface area contributed by atoms with Crippen LogP contribution in [0.25, 0.3) is 0 Å². The number of carbonyl (C=O) groups is 2. The van der Waals surface area contributed by atoms with E-state index >= 15 is 0 Å². The van der Waals surface area contributed by atoms with Crippen LogP contribution in [0.15, 0.2) is 11.6 Å². The first kappa shape index (κ1) is 18.3. The van der Waals surface area contributed by atoms with Crippen molar-refractivity contribution in [3.05, 3.63) is 11.6 Å². The number of allylic oxidation sites excluding steroid dienone is 1. The summed E-state index contributed by atoms with van der Waals surface area (Å²) in [5.74, 6) is 2.35. The molecule has 0 saturated heterocycles. The van der Waals surface area contributed by atoms with Gasteiger partial charge >= 0.3 is 5.97 Å². The maximum atomic E-state index is 12.2. The zero-order valence-electron chi connectivity index (χ0n) is 16.8. The van der Waals surface area contributed by atoms with Crippen molar-refractivity contribution >= 4 is 11.8 Å². The fourth-order valence-electron chi connectivity index (χ4n) is 6.98. The van der Waals surface area contributed by atoms with Crippen LogP contribution >= 0.6 is 0 Å². The smallest absolute Gasteiger partial charge is 0.308 e. The SMILES string of the molecule is CC(C)C(=O)O[C@H]1CC[C@H]2[C@@H]3CCC4=CC(=O)CC[C@]4(C)[C@H]3CC[C@]12C. The van der Waals surface area contributed by atoms with Gasteiger partial charge < -0.3 is 4.74 Å². The van der Waals surface area contributed by atoms with E-state index in [1.54, 1.807) is 0 Å². The van der Waals surface area contributed by atoms with Crippen molar-refractivity contribution in [1.82, 2.24) is 0 Å². The van der Waals surface area contributed by atoms with E-state index in [-0.39, 0.29) is 28.8 Å². The molecule has 4 aliphatic rings. The van der Waals surface area contributed by atoms with E-state index in [1.807, 2.05) is 19.9 Å². The fourth-order valence-corrected chi connectivity index (χ4v) is 6.98. The molecule has 3 heteroatoms. The second kappa shape index (κ2) is 6.21. The monoisotopic (exact) mass is 358 g/mol. The lowest BCUT2D eigenvalue weighted by molar-refractivity contribution is -0.163. The van der Waals surface area contributed by atoms with Gasteiger partial charge in [-0.3, -0.25) is 9.59 Å². The summed E-state index contributed by atoms with van der Waals surface area (Å²) in [6, 6.07) is 0. The Morgan fingerprint density at radius 3 is 2.58 bits per heavy atom. The number of ketones is 1. The molecule has 0 aromatic carbocycles. The van der Waals surface area contributed by atoms with Crippen molar-refractivity contribution in [2.75, 3.05) is 0 Å². The van der Waals surface area contributed by atoms with Crippen LogP contribution in [0, 0.1) is 34.5 Å². The first-order valence-electron chi connectivity index (χ1n) is 10.7. The van der Waals surface area contributed by atoms with Gasteiger partial charge in [-0.1, -0.05) is 33.3 Å². The first-order chi connectivity index (χ1) is 12.3. The molecule has 0 radical (unpaired) electrons. The number of ether oxygens (including phenoxy) is 1. The minimum Gasteiger partial charge on any atom is -0.462 e. The van der Waals surface area contributed by atoms with E-state index in [4.69, 9.17) is 4.74 Å². The highest BCUT2D eigenvalue weighted by molar-refractivity contribution is 5.91.